The molecule has 0 spiro atoms. The maximum atomic E-state index is 11.6. The van der Waals surface area contributed by atoms with Gasteiger partial charge in [0, 0.05) is 12.7 Å². The van der Waals surface area contributed by atoms with Crippen molar-refractivity contribution in [2.24, 2.45) is 5.92 Å². The molecule has 0 aliphatic rings. The molecule has 0 saturated carbocycles. The molecular weight excluding hydrogens is 190 g/mol. The van der Waals surface area contributed by atoms with E-state index in [0.29, 0.717) is 18.8 Å². The summed E-state index contributed by atoms with van der Waals surface area (Å²) >= 11 is 0. The van der Waals surface area contributed by atoms with Crippen LogP contribution in [0.15, 0.2) is 18.3 Å². The molecule has 0 radical (unpaired) electrons. The number of Topliss-reactive ketones (excluding diaryl/α,β-unsaturated/α-hetero) is 1. The Morgan fingerprint density at radius 2 is 2.47 bits per heavy atom. The lowest BCUT2D eigenvalue weighted by Crippen LogP contribution is -2.29. The number of hydrogen-bond donors (Lipinski definition) is 1. The van der Waals surface area contributed by atoms with Gasteiger partial charge in [-0.1, -0.05) is 0 Å². The molecule has 1 N–H and O–H groups in total. The van der Waals surface area contributed by atoms with Gasteiger partial charge in [0.1, 0.15) is 0 Å². The van der Waals surface area contributed by atoms with E-state index in [4.69, 9.17) is 5.26 Å². The first kappa shape index (κ1) is 11.5. The number of aromatic amines is 1. The highest BCUT2D eigenvalue weighted by atomic mass is 16.1. The number of ketones is 1. The van der Waals surface area contributed by atoms with Crippen LogP contribution < -0.4 is 0 Å². The normalized spacial score (nSPS) is 12.4. The molecule has 15 heavy (non-hydrogen) atoms. The lowest BCUT2D eigenvalue weighted by atomic mass is 10.2. The van der Waals surface area contributed by atoms with Gasteiger partial charge in [0.15, 0.2) is 5.78 Å². The summed E-state index contributed by atoms with van der Waals surface area (Å²) in [5.41, 5.74) is 0.617. The van der Waals surface area contributed by atoms with E-state index in [1.54, 1.807) is 18.3 Å². The Morgan fingerprint density at radius 3 is 3.00 bits per heavy atom. The summed E-state index contributed by atoms with van der Waals surface area (Å²) in [6.07, 6.45) is 1.73. The van der Waals surface area contributed by atoms with Crippen LogP contribution in [0.1, 0.15) is 17.4 Å². The van der Waals surface area contributed by atoms with Crippen LogP contribution in [0.2, 0.25) is 0 Å². The second-order valence-corrected chi connectivity index (χ2v) is 3.73. The number of hydrogen-bond acceptors (Lipinski definition) is 3. The van der Waals surface area contributed by atoms with Crippen molar-refractivity contribution in [1.82, 2.24) is 9.88 Å². The third kappa shape index (κ3) is 3.56. The van der Waals surface area contributed by atoms with Gasteiger partial charge in [-0.2, -0.15) is 5.26 Å². The highest BCUT2D eigenvalue weighted by Gasteiger charge is 2.11. The molecule has 0 aliphatic heterocycles. The summed E-state index contributed by atoms with van der Waals surface area (Å²) in [6, 6.07) is 5.69. The zero-order valence-electron chi connectivity index (χ0n) is 9.03. The quantitative estimate of drug-likeness (QED) is 0.737. The van der Waals surface area contributed by atoms with Crippen molar-refractivity contribution >= 4 is 5.78 Å². The van der Waals surface area contributed by atoms with E-state index in [9.17, 15) is 4.79 Å². The summed E-state index contributed by atoms with van der Waals surface area (Å²) in [4.78, 5) is 16.4. The van der Waals surface area contributed by atoms with E-state index < -0.39 is 0 Å². The van der Waals surface area contributed by atoms with E-state index in [-0.39, 0.29) is 11.7 Å². The Bertz CT molecular complexity index is 350. The maximum Gasteiger partial charge on any atom is 0.192 e. The molecule has 1 rings (SSSR count). The first-order chi connectivity index (χ1) is 7.13. The van der Waals surface area contributed by atoms with Gasteiger partial charge >= 0.3 is 0 Å². The van der Waals surface area contributed by atoms with Crippen molar-refractivity contribution in [3.05, 3.63) is 24.0 Å². The number of nitrogens with one attached hydrogen (secondary N) is 1. The average molecular weight is 205 g/mol. The lowest BCUT2D eigenvalue weighted by molar-refractivity contribution is 0.0938. The van der Waals surface area contributed by atoms with Crippen molar-refractivity contribution in [2.75, 3.05) is 20.1 Å². The SMILES string of the molecule is CC(C#N)CN(C)CC(=O)c1ccc[nH]1. The number of nitriles is 1. The van der Waals surface area contributed by atoms with Crippen molar-refractivity contribution in [2.45, 2.75) is 6.92 Å². The fourth-order valence-electron chi connectivity index (χ4n) is 1.41. The second-order valence-electron chi connectivity index (χ2n) is 3.73. The third-order valence-electron chi connectivity index (χ3n) is 2.12. The molecule has 4 heteroatoms. The number of aromatic nitrogens is 1. The number of nitrogens with zero attached hydrogens (tertiary/aromatic N) is 2. The molecule has 0 fully saturated rings. The van der Waals surface area contributed by atoms with Crippen LogP contribution >= 0.6 is 0 Å². The van der Waals surface area contributed by atoms with Crippen LogP contribution in [0.4, 0.5) is 0 Å². The highest BCUT2D eigenvalue weighted by molar-refractivity contribution is 5.95. The Kier molecular flexibility index (Phi) is 4.07. The van der Waals surface area contributed by atoms with Crippen molar-refractivity contribution in [1.29, 1.82) is 5.26 Å². The van der Waals surface area contributed by atoms with Crippen LogP contribution in [-0.2, 0) is 0 Å². The highest BCUT2D eigenvalue weighted by Crippen LogP contribution is 2.00. The largest absolute Gasteiger partial charge is 0.359 e. The predicted octanol–water partition coefficient (Wildman–Crippen LogP) is 1.29. The molecular formula is C11H15N3O. The minimum absolute atomic E-state index is 0.0487. The van der Waals surface area contributed by atoms with Crippen LogP contribution in [0.3, 0.4) is 0 Å². The van der Waals surface area contributed by atoms with Gasteiger partial charge < -0.3 is 4.98 Å². The first-order valence-electron chi connectivity index (χ1n) is 4.88. The van der Waals surface area contributed by atoms with E-state index in [1.165, 1.54) is 0 Å². The number of rotatable bonds is 5. The topological polar surface area (TPSA) is 59.9 Å². The van der Waals surface area contributed by atoms with Gasteiger partial charge in [-0.25, -0.2) is 0 Å². The summed E-state index contributed by atoms with van der Waals surface area (Å²) in [7, 11) is 1.84. The van der Waals surface area contributed by atoms with E-state index in [1.807, 2.05) is 18.9 Å². The van der Waals surface area contributed by atoms with E-state index in [2.05, 4.69) is 11.1 Å². The Balaban J connectivity index is 2.42. The van der Waals surface area contributed by atoms with Gasteiger partial charge in [-0.3, -0.25) is 9.69 Å². The predicted molar refractivity (Wildman–Crippen MR) is 57.4 cm³/mol. The molecule has 1 aromatic rings. The summed E-state index contributed by atoms with van der Waals surface area (Å²) in [5.74, 6) is -0.000850. The van der Waals surface area contributed by atoms with E-state index in [0.717, 1.165) is 0 Å². The number of H-pyrrole nitrogens is 1. The minimum atomic E-state index is -0.0496. The van der Waals surface area contributed by atoms with Crippen molar-refractivity contribution in [3.8, 4) is 6.07 Å². The van der Waals surface area contributed by atoms with E-state index >= 15 is 0 Å². The average Bonchev–Trinajstić information content (AvgIpc) is 2.70. The Morgan fingerprint density at radius 1 is 1.73 bits per heavy atom. The molecule has 0 amide bonds. The molecule has 80 valence electrons. The zero-order valence-corrected chi connectivity index (χ0v) is 9.03. The fraction of sp³-hybridized carbons (Fsp3) is 0.455. The standard InChI is InChI=1S/C11H15N3O/c1-9(6-12)7-14(2)8-11(15)10-4-3-5-13-10/h3-5,9,13H,7-8H2,1-2H3. The molecule has 4 nitrogen and oxygen atoms in total. The summed E-state index contributed by atoms with van der Waals surface area (Å²) < 4.78 is 0. The van der Waals surface area contributed by atoms with Crippen LogP contribution in [0.25, 0.3) is 0 Å². The van der Waals surface area contributed by atoms with Gasteiger partial charge in [-0.05, 0) is 26.1 Å². The fourth-order valence-corrected chi connectivity index (χ4v) is 1.41. The lowest BCUT2D eigenvalue weighted by Gasteiger charge is -2.16. The number of carbonyl (C=O) groups excluding carboxylic acids is 1. The Labute approximate surface area is 89.5 Å². The molecule has 1 atom stereocenters. The third-order valence-corrected chi connectivity index (χ3v) is 2.12. The maximum absolute atomic E-state index is 11.6. The van der Waals surface area contributed by atoms with Gasteiger partial charge in [0.05, 0.1) is 24.2 Å². The van der Waals surface area contributed by atoms with Crippen LogP contribution in [0.5, 0.6) is 0 Å². The molecule has 0 saturated heterocycles. The van der Waals surface area contributed by atoms with Gasteiger partial charge in [-0.15, -0.1) is 0 Å². The van der Waals surface area contributed by atoms with Crippen molar-refractivity contribution < 1.29 is 4.79 Å². The smallest absolute Gasteiger partial charge is 0.192 e. The molecule has 0 aliphatic carbocycles. The van der Waals surface area contributed by atoms with Crippen LogP contribution in [0, 0.1) is 17.2 Å². The summed E-state index contributed by atoms with van der Waals surface area (Å²) in [6.45, 7) is 2.80. The molecule has 0 aromatic carbocycles. The number of likely N-dealkylation sites (N-methyl/N-ethyl adjacent to an activating group) is 1. The zero-order chi connectivity index (χ0) is 11.3. The minimum Gasteiger partial charge on any atom is -0.359 e. The second kappa shape index (κ2) is 5.32. The molecule has 1 heterocycles. The van der Waals surface area contributed by atoms with Crippen LogP contribution in [-0.4, -0.2) is 35.8 Å². The first-order valence-corrected chi connectivity index (χ1v) is 4.88. The Hall–Kier alpha value is -1.60. The summed E-state index contributed by atoms with van der Waals surface area (Å²) in [5, 5.41) is 8.63. The molecule has 1 unspecified atom stereocenters. The van der Waals surface area contributed by atoms with Gasteiger partial charge in [0.25, 0.3) is 0 Å². The number of carbonyl (C=O) groups is 1. The van der Waals surface area contributed by atoms with Gasteiger partial charge in [0.2, 0.25) is 0 Å². The molecule has 0 bridgehead atoms. The van der Waals surface area contributed by atoms with Crippen molar-refractivity contribution in [3.63, 3.8) is 0 Å². The molecule has 1 aromatic heterocycles. The monoisotopic (exact) mass is 205 g/mol.